The number of anilines is 1. The second kappa shape index (κ2) is 9.72. The first-order chi connectivity index (χ1) is 15.9. The Balaban J connectivity index is 2.04. The molecule has 5 nitrogen and oxygen atoms in total. The molecule has 3 aromatic rings. The van der Waals surface area contributed by atoms with Crippen LogP contribution in [0, 0.1) is 0 Å². The Morgan fingerprint density at radius 2 is 1.59 bits per heavy atom. The van der Waals surface area contributed by atoms with Crippen molar-refractivity contribution in [1.82, 2.24) is 4.57 Å². The quantitative estimate of drug-likeness (QED) is 0.259. The van der Waals surface area contributed by atoms with E-state index in [9.17, 15) is 35.9 Å². The predicted octanol–water partition coefficient (Wildman–Crippen LogP) is 5.61. The van der Waals surface area contributed by atoms with E-state index < -0.39 is 46.5 Å². The first-order valence-electron chi connectivity index (χ1n) is 9.42. The second-order valence-electron chi connectivity index (χ2n) is 6.92. The topological polar surface area (TPSA) is 54.7 Å². The van der Waals surface area contributed by atoms with Crippen LogP contribution in [0.25, 0.3) is 0 Å². The molecule has 0 fully saturated rings. The Morgan fingerprint density at radius 1 is 0.941 bits per heavy atom. The van der Waals surface area contributed by atoms with Crippen molar-refractivity contribution < 1.29 is 31.1 Å². The average Bonchev–Trinajstić information content (AvgIpc) is 2.76. The number of hydrogen-bond donors (Lipinski definition) is 0. The second-order valence-corrected chi connectivity index (χ2v) is 7.32. The van der Waals surface area contributed by atoms with Crippen LogP contribution in [0.2, 0.25) is 5.02 Å². The molecule has 1 amide bonds. The lowest BCUT2D eigenvalue weighted by Gasteiger charge is -2.20. The van der Waals surface area contributed by atoms with Crippen LogP contribution in [0.4, 0.5) is 32.0 Å². The van der Waals surface area contributed by atoms with Gasteiger partial charge in [0, 0.05) is 6.20 Å². The van der Waals surface area contributed by atoms with Crippen LogP contribution >= 0.6 is 11.6 Å². The van der Waals surface area contributed by atoms with Crippen molar-refractivity contribution in [3.63, 3.8) is 0 Å². The molecule has 178 valence electrons. The maximum atomic E-state index is 13.2. The number of amides is 1. The van der Waals surface area contributed by atoms with E-state index in [1.54, 1.807) is 30.3 Å². The smallest absolute Gasteiger partial charge is 0.304 e. The third-order valence-electron chi connectivity index (χ3n) is 4.45. The lowest BCUT2D eigenvalue weighted by Crippen LogP contribution is -2.34. The third-order valence-corrected chi connectivity index (χ3v) is 4.72. The summed E-state index contributed by atoms with van der Waals surface area (Å²) in [5.74, 6) is -1.08. The van der Waals surface area contributed by atoms with E-state index in [4.69, 9.17) is 11.6 Å². The molecule has 12 heteroatoms. The molecule has 0 atom stereocenters. The molecule has 34 heavy (non-hydrogen) atoms. The zero-order valence-electron chi connectivity index (χ0n) is 16.9. The number of rotatable bonds is 5. The lowest BCUT2D eigenvalue weighted by molar-refractivity contribution is -0.138. The maximum absolute atomic E-state index is 13.2. The van der Waals surface area contributed by atoms with Crippen LogP contribution in [0.1, 0.15) is 16.7 Å². The van der Waals surface area contributed by atoms with Gasteiger partial charge in [-0.1, -0.05) is 48.0 Å². The maximum Gasteiger partial charge on any atom is 0.417 e. The Bertz CT molecular complexity index is 1270. The number of hydrazone groups is 1. The molecule has 2 aromatic carbocycles. The molecule has 0 saturated carbocycles. The number of nitrogens with zero attached hydrogens (tertiary/aromatic N) is 3. The van der Waals surface area contributed by atoms with Crippen LogP contribution in [-0.4, -0.2) is 16.7 Å². The van der Waals surface area contributed by atoms with Gasteiger partial charge in [0.2, 0.25) is 0 Å². The molecule has 0 spiro atoms. The van der Waals surface area contributed by atoms with Gasteiger partial charge in [-0.2, -0.15) is 36.5 Å². The van der Waals surface area contributed by atoms with Gasteiger partial charge in [0.05, 0.1) is 23.0 Å². The summed E-state index contributed by atoms with van der Waals surface area (Å²) in [6, 6.07) is 12.3. The summed E-state index contributed by atoms with van der Waals surface area (Å²) in [7, 11) is 0. The Hall–Kier alpha value is -3.60. The summed E-state index contributed by atoms with van der Waals surface area (Å²) < 4.78 is 79.3. The number of halogens is 7. The minimum atomic E-state index is -4.85. The van der Waals surface area contributed by atoms with Gasteiger partial charge in [-0.15, -0.1) is 0 Å². The van der Waals surface area contributed by atoms with Gasteiger partial charge in [-0.25, -0.2) is 0 Å². The number of alkyl halides is 6. The largest absolute Gasteiger partial charge is 0.417 e. The zero-order chi connectivity index (χ0) is 25.1. The van der Waals surface area contributed by atoms with Gasteiger partial charge in [-0.05, 0) is 29.8 Å². The first-order valence-corrected chi connectivity index (χ1v) is 9.80. The molecule has 0 aliphatic heterocycles. The monoisotopic (exact) mass is 501 g/mol. The highest BCUT2D eigenvalue weighted by Gasteiger charge is 2.33. The number of hydrogen-bond acceptors (Lipinski definition) is 3. The van der Waals surface area contributed by atoms with Gasteiger partial charge in [0.15, 0.2) is 0 Å². The molecule has 3 rings (SSSR count). The van der Waals surface area contributed by atoms with Crippen molar-refractivity contribution in [1.29, 1.82) is 0 Å². The fraction of sp³-hybridized carbons (Fsp3) is 0.136. The predicted molar refractivity (Wildman–Crippen MR) is 114 cm³/mol. The van der Waals surface area contributed by atoms with E-state index >= 15 is 0 Å². The van der Waals surface area contributed by atoms with Gasteiger partial charge in [0.1, 0.15) is 11.6 Å². The van der Waals surface area contributed by atoms with Crippen LogP contribution in [-0.2, 0) is 23.7 Å². The standard InChI is InChI=1S/C22H14ClF6N3O2/c23-18-10-16(22(27,28)29)12-31(20(18)34)13-19(33)32(30-11-14-5-2-1-3-6-14)17-8-4-7-15(9-17)21(24,25)26/h1-12H,13H2/b30-11+. The highest BCUT2D eigenvalue weighted by atomic mass is 35.5. The van der Waals surface area contributed by atoms with E-state index in [1.165, 1.54) is 6.21 Å². The van der Waals surface area contributed by atoms with Crippen LogP contribution in [0.15, 0.2) is 76.8 Å². The fourth-order valence-electron chi connectivity index (χ4n) is 2.84. The van der Waals surface area contributed by atoms with E-state index in [1.807, 2.05) is 0 Å². The van der Waals surface area contributed by atoms with Crippen molar-refractivity contribution >= 4 is 29.4 Å². The zero-order valence-corrected chi connectivity index (χ0v) is 17.7. The summed E-state index contributed by atoms with van der Waals surface area (Å²) in [5.41, 5.74) is -3.25. The normalized spacial score (nSPS) is 12.2. The molecular weight excluding hydrogens is 488 g/mol. The Morgan fingerprint density at radius 3 is 2.21 bits per heavy atom. The minimum absolute atomic E-state index is 0.307. The molecule has 0 bridgehead atoms. The average molecular weight is 502 g/mol. The number of aromatic nitrogens is 1. The van der Waals surface area contributed by atoms with E-state index in [0.29, 0.717) is 33.5 Å². The summed E-state index contributed by atoms with van der Waals surface area (Å²) in [4.78, 5) is 25.2. The lowest BCUT2D eigenvalue weighted by atomic mass is 10.2. The molecule has 0 saturated heterocycles. The number of benzene rings is 2. The highest BCUT2D eigenvalue weighted by Crippen LogP contribution is 2.32. The third kappa shape index (κ3) is 6.04. The molecule has 1 aromatic heterocycles. The molecule has 0 radical (unpaired) electrons. The molecular formula is C22H14ClF6N3O2. The number of carbonyl (C=O) groups excluding carboxylic acids is 1. The minimum Gasteiger partial charge on any atom is -0.304 e. The fourth-order valence-corrected chi connectivity index (χ4v) is 3.06. The summed E-state index contributed by atoms with van der Waals surface area (Å²) in [5, 5.41) is 3.72. The van der Waals surface area contributed by atoms with E-state index in [0.717, 1.165) is 18.2 Å². The number of pyridine rings is 1. The Labute approximate surface area is 193 Å². The molecule has 0 aliphatic carbocycles. The van der Waals surface area contributed by atoms with Crippen molar-refractivity contribution in [3.05, 3.63) is 98.9 Å². The van der Waals surface area contributed by atoms with Crippen LogP contribution in [0.3, 0.4) is 0 Å². The van der Waals surface area contributed by atoms with E-state index in [-0.39, 0.29) is 5.69 Å². The summed E-state index contributed by atoms with van der Waals surface area (Å²) in [6.07, 6.45) is -7.99. The SMILES string of the molecule is O=C(Cn1cc(C(F)(F)F)cc(Cl)c1=O)N(/N=C/c1ccccc1)c1cccc(C(F)(F)F)c1. The van der Waals surface area contributed by atoms with Gasteiger partial charge >= 0.3 is 12.4 Å². The number of carbonyl (C=O) groups is 1. The van der Waals surface area contributed by atoms with Crippen molar-refractivity contribution in [2.75, 3.05) is 5.01 Å². The molecule has 0 aliphatic rings. The van der Waals surface area contributed by atoms with Gasteiger partial charge < -0.3 is 4.57 Å². The molecule has 0 unspecified atom stereocenters. The Kier molecular flexibility index (Phi) is 7.15. The van der Waals surface area contributed by atoms with Crippen molar-refractivity contribution in [3.8, 4) is 0 Å². The van der Waals surface area contributed by atoms with Gasteiger partial charge in [-0.3, -0.25) is 9.59 Å². The van der Waals surface area contributed by atoms with Crippen LogP contribution < -0.4 is 10.6 Å². The summed E-state index contributed by atoms with van der Waals surface area (Å²) >= 11 is 5.60. The highest BCUT2D eigenvalue weighted by molar-refractivity contribution is 6.30. The first kappa shape index (κ1) is 25.0. The van der Waals surface area contributed by atoms with Crippen LogP contribution in [0.5, 0.6) is 0 Å². The molecule has 1 heterocycles. The van der Waals surface area contributed by atoms with Crippen molar-refractivity contribution in [2.24, 2.45) is 5.10 Å². The van der Waals surface area contributed by atoms with E-state index in [2.05, 4.69) is 5.10 Å². The van der Waals surface area contributed by atoms with Gasteiger partial charge in [0.25, 0.3) is 11.5 Å². The molecule has 0 N–H and O–H groups in total. The van der Waals surface area contributed by atoms with Crippen molar-refractivity contribution in [2.45, 2.75) is 18.9 Å². The summed E-state index contributed by atoms with van der Waals surface area (Å²) in [6.45, 7) is -0.967.